The molecule has 1 saturated heterocycles. The smallest absolute Gasteiger partial charge is 0.306 e. The average Bonchev–Trinajstić information content (AvgIpc) is 2.51. The Morgan fingerprint density at radius 2 is 2.46 bits per heavy atom. The zero-order chi connectivity index (χ0) is 9.31. The van der Waals surface area contributed by atoms with Crippen LogP contribution in [0, 0.1) is 5.92 Å². The van der Waals surface area contributed by atoms with Crippen LogP contribution in [0.5, 0.6) is 0 Å². The minimum atomic E-state index is -0.687. The first-order valence-corrected chi connectivity index (χ1v) is 4.84. The molecule has 0 amide bonds. The lowest BCUT2D eigenvalue weighted by atomic mass is 10.1. The summed E-state index contributed by atoms with van der Waals surface area (Å²) >= 11 is 0. The normalized spacial score (nSPS) is 39.5. The van der Waals surface area contributed by atoms with Crippen molar-refractivity contribution in [1.82, 2.24) is 5.32 Å². The Morgan fingerprint density at radius 1 is 1.62 bits per heavy atom. The number of carbonyl (C=O) groups is 1. The van der Waals surface area contributed by atoms with E-state index in [2.05, 4.69) is 5.32 Å². The fraction of sp³-hybridized carbons (Fsp3) is 0.889. The maximum absolute atomic E-state index is 10.7. The first kappa shape index (κ1) is 8.97. The second kappa shape index (κ2) is 3.27. The summed E-state index contributed by atoms with van der Waals surface area (Å²) in [6, 6.07) is 0. The molecule has 13 heavy (non-hydrogen) atoms. The van der Waals surface area contributed by atoms with E-state index in [-0.39, 0.29) is 11.6 Å². The van der Waals surface area contributed by atoms with Crippen LogP contribution in [0.4, 0.5) is 0 Å². The van der Waals surface area contributed by atoms with Crippen LogP contribution in [0.15, 0.2) is 0 Å². The van der Waals surface area contributed by atoms with E-state index >= 15 is 0 Å². The highest BCUT2D eigenvalue weighted by atomic mass is 16.5. The quantitative estimate of drug-likeness (QED) is 0.627. The van der Waals surface area contributed by atoms with Gasteiger partial charge in [0, 0.05) is 6.42 Å². The van der Waals surface area contributed by atoms with Crippen LogP contribution in [0.25, 0.3) is 0 Å². The lowest BCUT2D eigenvalue weighted by molar-refractivity contribution is -0.143. The highest BCUT2D eigenvalue weighted by Gasteiger charge is 2.43. The number of rotatable bonds is 1. The van der Waals surface area contributed by atoms with Crippen LogP contribution in [0.2, 0.25) is 0 Å². The molecular formula is C9H15NO3. The van der Waals surface area contributed by atoms with Gasteiger partial charge in [-0.25, -0.2) is 0 Å². The maximum Gasteiger partial charge on any atom is 0.306 e. The van der Waals surface area contributed by atoms with Crippen LogP contribution >= 0.6 is 0 Å². The Balaban J connectivity index is 1.98. The van der Waals surface area contributed by atoms with Crippen LogP contribution in [0.1, 0.15) is 25.7 Å². The molecule has 2 aliphatic rings. The zero-order valence-corrected chi connectivity index (χ0v) is 7.58. The molecule has 0 radical (unpaired) electrons. The predicted molar refractivity (Wildman–Crippen MR) is 46.3 cm³/mol. The van der Waals surface area contributed by atoms with Gasteiger partial charge < -0.3 is 9.84 Å². The third-order valence-electron chi connectivity index (χ3n) is 2.97. The zero-order valence-electron chi connectivity index (χ0n) is 7.58. The van der Waals surface area contributed by atoms with E-state index in [0.717, 1.165) is 32.4 Å². The lowest BCUT2D eigenvalue weighted by Crippen LogP contribution is -2.50. The van der Waals surface area contributed by atoms with Gasteiger partial charge in [0.15, 0.2) is 0 Å². The highest BCUT2D eigenvalue weighted by molar-refractivity contribution is 5.70. The van der Waals surface area contributed by atoms with Crippen molar-refractivity contribution >= 4 is 5.97 Å². The summed E-state index contributed by atoms with van der Waals surface area (Å²) in [5.74, 6) is -0.904. The standard InChI is InChI=1S/C9H15NO3/c11-8(12)7-2-3-9(6-7)10-4-1-5-13-9/h7,10H,1-6H2,(H,11,12). The van der Waals surface area contributed by atoms with Gasteiger partial charge in [0.25, 0.3) is 0 Å². The van der Waals surface area contributed by atoms with Gasteiger partial charge in [-0.2, -0.15) is 0 Å². The van der Waals surface area contributed by atoms with E-state index in [1.165, 1.54) is 0 Å². The topological polar surface area (TPSA) is 58.6 Å². The Labute approximate surface area is 77.3 Å². The number of hydrogen-bond donors (Lipinski definition) is 2. The van der Waals surface area contributed by atoms with Crippen molar-refractivity contribution in [3.05, 3.63) is 0 Å². The molecule has 1 heterocycles. The Hall–Kier alpha value is -0.610. The number of carboxylic acid groups (broad SMARTS) is 1. The second-order valence-electron chi connectivity index (χ2n) is 3.90. The minimum absolute atomic E-state index is 0.217. The van der Waals surface area contributed by atoms with Crippen LogP contribution in [-0.4, -0.2) is 30.0 Å². The van der Waals surface area contributed by atoms with Gasteiger partial charge in [-0.15, -0.1) is 0 Å². The number of ether oxygens (including phenoxy) is 1. The van der Waals surface area contributed by atoms with Crippen LogP contribution < -0.4 is 5.32 Å². The van der Waals surface area contributed by atoms with Gasteiger partial charge in [0.05, 0.1) is 12.5 Å². The number of hydrogen-bond acceptors (Lipinski definition) is 3. The molecule has 0 aromatic rings. The maximum atomic E-state index is 10.7. The van der Waals surface area contributed by atoms with Gasteiger partial charge in [-0.3, -0.25) is 10.1 Å². The SMILES string of the molecule is O=C(O)C1CCC2(C1)NCCCO2. The molecule has 1 saturated carbocycles. The Kier molecular flexibility index (Phi) is 2.26. The molecule has 1 aliphatic heterocycles. The first-order chi connectivity index (χ1) is 6.22. The third kappa shape index (κ3) is 1.69. The molecule has 1 spiro atoms. The van der Waals surface area contributed by atoms with Gasteiger partial charge in [-0.1, -0.05) is 0 Å². The molecule has 2 rings (SSSR count). The minimum Gasteiger partial charge on any atom is -0.481 e. The van der Waals surface area contributed by atoms with Crippen molar-refractivity contribution in [3.63, 3.8) is 0 Å². The average molecular weight is 185 g/mol. The molecule has 0 bridgehead atoms. The molecule has 74 valence electrons. The van der Waals surface area contributed by atoms with Gasteiger partial charge in [0.1, 0.15) is 5.72 Å². The summed E-state index contributed by atoms with van der Waals surface area (Å²) in [6.45, 7) is 1.71. The predicted octanol–water partition coefficient (Wildman–Crippen LogP) is 0.577. The molecule has 2 N–H and O–H groups in total. The van der Waals surface area contributed by atoms with E-state index in [4.69, 9.17) is 9.84 Å². The molecule has 2 fully saturated rings. The Bertz CT molecular complexity index is 211. The van der Waals surface area contributed by atoms with Crippen molar-refractivity contribution in [2.45, 2.75) is 31.4 Å². The molecule has 2 unspecified atom stereocenters. The monoisotopic (exact) mass is 185 g/mol. The van der Waals surface area contributed by atoms with Crippen LogP contribution in [-0.2, 0) is 9.53 Å². The molecule has 2 atom stereocenters. The van der Waals surface area contributed by atoms with E-state index < -0.39 is 5.97 Å². The molecular weight excluding hydrogens is 170 g/mol. The van der Waals surface area contributed by atoms with E-state index in [1.54, 1.807) is 0 Å². The lowest BCUT2D eigenvalue weighted by Gasteiger charge is -2.34. The van der Waals surface area contributed by atoms with Gasteiger partial charge >= 0.3 is 5.97 Å². The third-order valence-corrected chi connectivity index (χ3v) is 2.97. The van der Waals surface area contributed by atoms with Crippen molar-refractivity contribution in [2.75, 3.05) is 13.2 Å². The molecule has 1 aliphatic carbocycles. The van der Waals surface area contributed by atoms with Crippen LogP contribution in [0.3, 0.4) is 0 Å². The summed E-state index contributed by atoms with van der Waals surface area (Å²) in [7, 11) is 0. The highest BCUT2D eigenvalue weighted by Crippen LogP contribution is 2.36. The Morgan fingerprint density at radius 3 is 3.00 bits per heavy atom. The van der Waals surface area contributed by atoms with E-state index in [0.29, 0.717) is 6.42 Å². The van der Waals surface area contributed by atoms with E-state index in [1.807, 2.05) is 0 Å². The summed E-state index contributed by atoms with van der Waals surface area (Å²) in [5, 5.41) is 12.1. The number of nitrogens with one attached hydrogen (secondary N) is 1. The first-order valence-electron chi connectivity index (χ1n) is 4.84. The summed E-state index contributed by atoms with van der Waals surface area (Å²) in [4.78, 5) is 10.7. The second-order valence-corrected chi connectivity index (χ2v) is 3.90. The summed E-state index contributed by atoms with van der Waals surface area (Å²) in [5.41, 5.74) is -0.304. The van der Waals surface area contributed by atoms with Crippen molar-refractivity contribution in [2.24, 2.45) is 5.92 Å². The van der Waals surface area contributed by atoms with Gasteiger partial charge in [-0.05, 0) is 25.8 Å². The molecule has 4 heteroatoms. The summed E-state index contributed by atoms with van der Waals surface area (Å²) in [6.07, 6.45) is 3.23. The largest absolute Gasteiger partial charge is 0.481 e. The summed E-state index contributed by atoms with van der Waals surface area (Å²) < 4.78 is 5.63. The van der Waals surface area contributed by atoms with Crippen molar-refractivity contribution < 1.29 is 14.6 Å². The molecule has 4 nitrogen and oxygen atoms in total. The fourth-order valence-corrected chi connectivity index (χ4v) is 2.22. The fourth-order valence-electron chi connectivity index (χ4n) is 2.22. The molecule has 0 aromatic heterocycles. The van der Waals surface area contributed by atoms with Crippen molar-refractivity contribution in [3.8, 4) is 0 Å². The van der Waals surface area contributed by atoms with E-state index in [9.17, 15) is 4.79 Å². The van der Waals surface area contributed by atoms with Crippen molar-refractivity contribution in [1.29, 1.82) is 0 Å². The van der Waals surface area contributed by atoms with Gasteiger partial charge in [0.2, 0.25) is 0 Å². The number of aliphatic carboxylic acids is 1. The molecule has 0 aromatic carbocycles. The number of carboxylic acids is 1.